The van der Waals surface area contributed by atoms with Crippen LogP contribution in [0.15, 0.2) is 0 Å². The van der Waals surface area contributed by atoms with Crippen molar-refractivity contribution in [2.24, 2.45) is 23.2 Å². The summed E-state index contributed by atoms with van der Waals surface area (Å²) in [5.41, 5.74) is -1.53. The molecule has 0 aromatic heterocycles. The first-order chi connectivity index (χ1) is 26.8. The second-order valence-corrected chi connectivity index (χ2v) is 17.7. The topological polar surface area (TPSA) is 306 Å². The van der Waals surface area contributed by atoms with Gasteiger partial charge in [0.25, 0.3) is 5.91 Å². The number of carbonyl (C=O) groups is 2. The van der Waals surface area contributed by atoms with Crippen LogP contribution in [0.5, 0.6) is 0 Å². The lowest BCUT2D eigenvalue weighted by atomic mass is 9.42. The van der Waals surface area contributed by atoms with Crippen LogP contribution >= 0.6 is 0 Å². The molecule has 19 nitrogen and oxygen atoms in total. The van der Waals surface area contributed by atoms with E-state index in [9.17, 15) is 55.7 Å². The van der Waals surface area contributed by atoms with E-state index in [0.717, 1.165) is 38.5 Å². The highest BCUT2D eigenvalue weighted by Crippen LogP contribution is 2.65. The molecule has 1 aliphatic heterocycles. The maximum Gasteiger partial charge on any atom is 0.408 e. The maximum atomic E-state index is 13.4. The van der Waals surface area contributed by atoms with Gasteiger partial charge in [-0.2, -0.15) is 5.26 Å². The van der Waals surface area contributed by atoms with Crippen molar-refractivity contribution in [1.29, 1.82) is 5.26 Å². The van der Waals surface area contributed by atoms with Gasteiger partial charge in [0.05, 0.1) is 56.9 Å². The molecule has 19 heteroatoms. The normalized spacial score (nSPS) is 31.3. The third-order valence-electron chi connectivity index (χ3n) is 12.3. The number of carbonyl (C=O) groups excluding carboxylic acids is 2. The quantitative estimate of drug-likeness (QED) is 0.0480. The monoisotopic (exact) mass is 818 g/mol. The first-order valence-electron chi connectivity index (χ1n) is 20.1. The van der Waals surface area contributed by atoms with Gasteiger partial charge in [0, 0.05) is 37.6 Å². The van der Waals surface area contributed by atoms with Gasteiger partial charge in [-0.15, -0.1) is 0 Å². The summed E-state index contributed by atoms with van der Waals surface area (Å²) in [5, 5.41) is 112. The Labute approximate surface area is 333 Å². The van der Waals surface area contributed by atoms with Crippen LogP contribution in [0, 0.1) is 34.5 Å². The number of amides is 2. The molecule has 1 heterocycles. The molecule has 57 heavy (non-hydrogen) atoms. The van der Waals surface area contributed by atoms with Crippen LogP contribution in [-0.4, -0.2) is 205 Å². The zero-order chi connectivity index (χ0) is 42.3. The van der Waals surface area contributed by atoms with Crippen LogP contribution in [0.25, 0.3) is 0 Å². The number of likely N-dealkylation sites (tertiary alicyclic amines) is 1. The van der Waals surface area contributed by atoms with Crippen molar-refractivity contribution in [3.05, 3.63) is 0 Å². The Bertz CT molecular complexity index is 1300. The molecular formula is C38H66N4O15. The molecule has 0 aromatic rings. The van der Waals surface area contributed by atoms with Gasteiger partial charge in [0.2, 0.25) is 0 Å². The summed E-state index contributed by atoms with van der Waals surface area (Å²) in [4.78, 5) is 29.0. The van der Waals surface area contributed by atoms with Crippen molar-refractivity contribution in [2.75, 3.05) is 65.8 Å². The van der Waals surface area contributed by atoms with Crippen molar-refractivity contribution in [1.82, 2.24) is 15.1 Å². The van der Waals surface area contributed by atoms with Crippen LogP contribution < -0.4 is 5.32 Å². The number of ether oxygens (including phenoxy) is 3. The van der Waals surface area contributed by atoms with Crippen LogP contribution in [0.4, 0.5) is 4.79 Å². The Morgan fingerprint density at radius 3 is 1.89 bits per heavy atom. The number of rotatable bonds is 22. The maximum absolute atomic E-state index is 13.4. The van der Waals surface area contributed by atoms with Gasteiger partial charge in [-0.3, -0.25) is 9.69 Å². The second-order valence-electron chi connectivity index (χ2n) is 17.7. The molecule has 0 spiro atoms. The summed E-state index contributed by atoms with van der Waals surface area (Å²) in [5.74, 6) is 0.0777. The van der Waals surface area contributed by atoms with Crippen molar-refractivity contribution < 1.29 is 74.9 Å². The zero-order valence-corrected chi connectivity index (χ0v) is 33.3. The molecule has 328 valence electrons. The van der Waals surface area contributed by atoms with E-state index in [-0.39, 0.29) is 37.7 Å². The minimum absolute atomic E-state index is 0.00216. The van der Waals surface area contributed by atoms with Crippen LogP contribution in [0.3, 0.4) is 0 Å². The zero-order valence-electron chi connectivity index (χ0n) is 33.3. The fourth-order valence-corrected chi connectivity index (χ4v) is 10.5. The van der Waals surface area contributed by atoms with Crippen LogP contribution in [-0.2, 0) is 19.0 Å². The van der Waals surface area contributed by atoms with Gasteiger partial charge in [0.1, 0.15) is 42.7 Å². The Morgan fingerprint density at radius 1 is 0.842 bits per heavy atom. The molecule has 1 saturated heterocycles. The number of nitrogens with one attached hydrogen (secondary N) is 1. The third-order valence-corrected chi connectivity index (χ3v) is 12.3. The molecule has 0 radical (unpaired) electrons. The van der Waals surface area contributed by atoms with Crippen molar-refractivity contribution in [2.45, 2.75) is 132 Å². The summed E-state index contributed by atoms with van der Waals surface area (Å²) >= 11 is 0. The molecule has 4 bridgehead atoms. The molecule has 3 unspecified atom stereocenters. The van der Waals surface area contributed by atoms with E-state index in [2.05, 4.69) is 32.2 Å². The lowest BCUT2D eigenvalue weighted by molar-refractivity contribution is -0.243. The van der Waals surface area contributed by atoms with Gasteiger partial charge < -0.3 is 75.5 Å². The van der Waals surface area contributed by atoms with Gasteiger partial charge in [-0.1, -0.05) is 20.8 Å². The number of hydrogen-bond acceptors (Lipinski definition) is 17. The molecule has 2 amide bonds. The molecular weight excluding hydrogens is 752 g/mol. The first-order valence-corrected chi connectivity index (χ1v) is 20.1. The average molecular weight is 819 g/mol. The lowest BCUT2D eigenvalue weighted by Crippen LogP contribution is -2.74. The van der Waals surface area contributed by atoms with E-state index in [1.54, 1.807) is 0 Å². The predicted octanol–water partition coefficient (Wildman–Crippen LogP) is -3.20. The molecule has 5 aliphatic rings. The largest absolute Gasteiger partial charge is 0.439 e. The highest BCUT2D eigenvalue weighted by Gasteiger charge is 2.67. The summed E-state index contributed by atoms with van der Waals surface area (Å²) in [6, 6.07) is 1.61. The molecule has 5 fully saturated rings. The standard InChI is InChI=1S/C38H66N4O15/c1-36(2,3)34-37(40-35(54)56-21-29(49)42-6-4-5-24(42)16-39)12-22-11-23(13-37)15-38(34,14-22)57-10-9-55-8-7-41(17-25(45)30(50)32(52)27(47)19-43)18-26(46)31(51)33(53)28(48)20-44/h22-28,30-34,43-48,50-53H,4-15,17-21H2,1-3H3,(H,40,54)/t22?,23?,24-,25-,26-,27+,28+,30+,31+,32+,33+,34?,37?,38?/m0/s1. The number of nitriles is 1. The van der Waals surface area contributed by atoms with E-state index in [4.69, 9.17) is 24.4 Å². The van der Waals surface area contributed by atoms with E-state index < -0.39 is 111 Å². The second kappa shape index (κ2) is 20.3. The number of alkyl carbamates (subject to hydrolysis) is 1. The van der Waals surface area contributed by atoms with E-state index in [1.165, 1.54) is 9.80 Å². The number of aliphatic hydroxyl groups excluding tert-OH is 10. The Morgan fingerprint density at radius 2 is 1.39 bits per heavy atom. The van der Waals surface area contributed by atoms with Gasteiger partial charge >= 0.3 is 6.09 Å². The van der Waals surface area contributed by atoms with E-state index in [0.29, 0.717) is 24.8 Å². The molecule has 4 saturated carbocycles. The molecule has 4 aliphatic carbocycles. The lowest BCUT2D eigenvalue weighted by Gasteiger charge is -2.68. The average Bonchev–Trinajstić information content (AvgIpc) is 3.64. The van der Waals surface area contributed by atoms with Gasteiger partial charge in [-0.25, -0.2) is 4.79 Å². The highest BCUT2D eigenvalue weighted by molar-refractivity contribution is 5.81. The highest BCUT2D eigenvalue weighted by atomic mass is 16.6. The molecule has 12 atom stereocenters. The minimum atomic E-state index is -1.90. The van der Waals surface area contributed by atoms with Crippen molar-refractivity contribution in [3.63, 3.8) is 0 Å². The third kappa shape index (κ3) is 11.5. The number of aliphatic hydroxyl groups is 10. The van der Waals surface area contributed by atoms with Crippen molar-refractivity contribution >= 4 is 12.0 Å². The minimum Gasteiger partial charge on any atom is -0.439 e. The number of nitrogens with zero attached hydrogens (tertiary/aromatic N) is 3. The van der Waals surface area contributed by atoms with Gasteiger partial charge in [0.15, 0.2) is 6.61 Å². The van der Waals surface area contributed by atoms with E-state index >= 15 is 0 Å². The van der Waals surface area contributed by atoms with Gasteiger partial charge in [-0.05, 0) is 62.2 Å². The SMILES string of the molecule is CC(C)(C)C1C2(NC(=O)OCC(=O)N3CCC[C@H]3C#N)CC3CC(C2)CC1(OCCOCCN(C[C@H](O)[C@@H](O)[C@H](O)[C@H](O)CO)C[C@H](O)[C@@H](O)[C@H](O)[C@H](O)CO)C3. The summed E-state index contributed by atoms with van der Waals surface area (Å²) in [6.07, 6.45) is -9.73. The summed E-state index contributed by atoms with van der Waals surface area (Å²) in [7, 11) is 0. The van der Waals surface area contributed by atoms with E-state index in [1.807, 2.05) is 0 Å². The molecule has 5 rings (SSSR count). The number of hydrogen-bond donors (Lipinski definition) is 11. The summed E-state index contributed by atoms with van der Waals surface area (Å²) < 4.78 is 18.2. The summed E-state index contributed by atoms with van der Waals surface area (Å²) in [6.45, 7) is 4.09. The fourth-order valence-electron chi connectivity index (χ4n) is 10.5. The Kier molecular flexibility index (Phi) is 16.9. The smallest absolute Gasteiger partial charge is 0.408 e. The van der Waals surface area contributed by atoms with Crippen LogP contribution in [0.1, 0.15) is 65.7 Å². The Balaban J connectivity index is 1.37. The molecule has 11 N–H and O–H groups in total. The first kappa shape index (κ1) is 47.4. The molecule has 0 aromatic carbocycles. The fraction of sp³-hybridized carbons (Fsp3) is 0.921. The Hall–Kier alpha value is -2.29. The van der Waals surface area contributed by atoms with Crippen molar-refractivity contribution in [3.8, 4) is 6.07 Å². The van der Waals surface area contributed by atoms with Crippen LogP contribution in [0.2, 0.25) is 0 Å². The predicted molar refractivity (Wildman–Crippen MR) is 199 cm³/mol.